The normalized spacial score (nSPS) is 16.9. The fraction of sp³-hybridized carbons (Fsp3) is 0.308. The molecule has 0 unspecified atom stereocenters. The summed E-state index contributed by atoms with van der Waals surface area (Å²) >= 11 is 4.98. The Morgan fingerprint density at radius 2 is 2.05 bits per heavy atom. The second kappa shape index (κ2) is 5.21. The van der Waals surface area contributed by atoms with Crippen molar-refractivity contribution in [3.05, 3.63) is 50.8 Å². The fourth-order valence-electron chi connectivity index (χ4n) is 2.46. The Morgan fingerprint density at radius 3 is 2.75 bits per heavy atom. The first-order chi connectivity index (χ1) is 9.67. The molecule has 0 aromatic carbocycles. The van der Waals surface area contributed by atoms with Gasteiger partial charge in [-0.1, -0.05) is 0 Å². The molecule has 0 aliphatic carbocycles. The highest BCUT2D eigenvalue weighted by atomic mass is 79.9. The maximum atomic E-state index is 12.3. The minimum absolute atomic E-state index is 0.0222. The Morgan fingerprint density at radius 1 is 1.30 bits per heavy atom. The molecular weight excluding hydrogens is 340 g/mol. The van der Waals surface area contributed by atoms with E-state index in [-0.39, 0.29) is 5.56 Å². The highest BCUT2D eigenvalue weighted by Gasteiger charge is 2.23. The molecule has 3 rings (SSSR count). The van der Waals surface area contributed by atoms with E-state index in [1.807, 2.05) is 41.3 Å². The maximum absolute atomic E-state index is 12.3. The molecule has 0 saturated carbocycles. The lowest BCUT2D eigenvalue weighted by Crippen LogP contribution is -2.22. The first-order valence-corrected chi connectivity index (χ1v) is 8.05. The fourth-order valence-corrected chi connectivity index (χ4v) is 3.72. The van der Waals surface area contributed by atoms with E-state index in [4.69, 9.17) is 0 Å². The highest BCUT2D eigenvalue weighted by molar-refractivity contribution is 9.10. The average molecular weight is 355 g/mol. The number of hydrogen-bond donors (Lipinski definition) is 1. The van der Waals surface area contributed by atoms with E-state index >= 15 is 0 Å². The highest BCUT2D eigenvalue weighted by Crippen LogP contribution is 2.33. The number of nitrogens with zero attached hydrogens (tertiary/aromatic N) is 3. The lowest BCUT2D eigenvalue weighted by atomic mass is 10.1. The SMILES string of the molecule is CCn1c(C2=CC3=CNSN3C=C2)c(Br)c(=O)n1CC. The van der Waals surface area contributed by atoms with Crippen molar-refractivity contribution in [3.8, 4) is 0 Å². The van der Waals surface area contributed by atoms with Crippen LogP contribution in [-0.2, 0) is 13.1 Å². The molecule has 0 spiro atoms. The van der Waals surface area contributed by atoms with Crippen LogP contribution in [0.1, 0.15) is 19.5 Å². The van der Waals surface area contributed by atoms with Gasteiger partial charge in [-0.25, -0.2) is 4.68 Å². The molecule has 0 amide bonds. The first-order valence-electron chi connectivity index (χ1n) is 6.48. The molecule has 0 radical (unpaired) electrons. The summed E-state index contributed by atoms with van der Waals surface area (Å²) < 4.78 is 9.56. The van der Waals surface area contributed by atoms with E-state index in [0.29, 0.717) is 11.0 Å². The van der Waals surface area contributed by atoms with Crippen molar-refractivity contribution in [2.75, 3.05) is 0 Å². The van der Waals surface area contributed by atoms with Crippen LogP contribution in [0.2, 0.25) is 0 Å². The van der Waals surface area contributed by atoms with Crippen LogP contribution in [0.25, 0.3) is 5.57 Å². The predicted molar refractivity (Wildman–Crippen MR) is 85.5 cm³/mol. The molecule has 0 bridgehead atoms. The summed E-state index contributed by atoms with van der Waals surface area (Å²) in [4.78, 5) is 12.3. The second-order valence-electron chi connectivity index (χ2n) is 4.42. The van der Waals surface area contributed by atoms with Gasteiger partial charge in [0, 0.05) is 31.1 Å². The lowest BCUT2D eigenvalue weighted by Gasteiger charge is -2.19. The molecule has 2 aliphatic heterocycles. The van der Waals surface area contributed by atoms with Crippen molar-refractivity contribution in [1.82, 2.24) is 18.4 Å². The summed E-state index contributed by atoms with van der Waals surface area (Å²) in [6, 6.07) is 0. The van der Waals surface area contributed by atoms with Crippen LogP contribution in [0.15, 0.2) is 39.5 Å². The van der Waals surface area contributed by atoms with Crippen molar-refractivity contribution >= 4 is 33.6 Å². The second-order valence-corrected chi connectivity index (χ2v) is 6.02. The van der Waals surface area contributed by atoms with E-state index < -0.39 is 0 Å². The number of aromatic nitrogens is 2. The van der Waals surface area contributed by atoms with E-state index in [0.717, 1.165) is 23.5 Å². The molecular formula is C13H15BrN4OS. The van der Waals surface area contributed by atoms with E-state index in [1.54, 1.807) is 4.68 Å². The molecule has 0 fully saturated rings. The zero-order valence-corrected chi connectivity index (χ0v) is 13.7. The van der Waals surface area contributed by atoms with Gasteiger partial charge in [-0.15, -0.1) is 0 Å². The lowest BCUT2D eigenvalue weighted by molar-refractivity contribution is 0.473. The molecule has 2 aliphatic rings. The monoisotopic (exact) mass is 354 g/mol. The Kier molecular flexibility index (Phi) is 3.55. The Hall–Kier alpha value is -1.34. The van der Waals surface area contributed by atoms with Crippen LogP contribution in [0.5, 0.6) is 0 Å². The largest absolute Gasteiger partial charge is 0.316 e. The third kappa shape index (κ3) is 1.96. The summed E-state index contributed by atoms with van der Waals surface area (Å²) in [6.07, 6.45) is 8.07. The Balaban J connectivity index is 2.16. The molecule has 106 valence electrons. The van der Waals surface area contributed by atoms with Gasteiger partial charge in [-0.05, 0) is 41.9 Å². The van der Waals surface area contributed by atoms with Gasteiger partial charge in [-0.2, -0.15) is 0 Å². The van der Waals surface area contributed by atoms with Crippen molar-refractivity contribution in [3.63, 3.8) is 0 Å². The summed E-state index contributed by atoms with van der Waals surface area (Å²) in [5, 5.41) is 0. The van der Waals surface area contributed by atoms with E-state index in [1.165, 1.54) is 12.1 Å². The van der Waals surface area contributed by atoms with Gasteiger partial charge in [0.05, 0.1) is 23.5 Å². The van der Waals surface area contributed by atoms with Crippen molar-refractivity contribution in [2.45, 2.75) is 26.9 Å². The molecule has 7 heteroatoms. The third-order valence-electron chi connectivity index (χ3n) is 3.36. The smallest absolute Gasteiger partial charge is 0.281 e. The molecule has 0 saturated heterocycles. The van der Waals surface area contributed by atoms with Crippen LogP contribution in [-0.4, -0.2) is 13.7 Å². The van der Waals surface area contributed by atoms with Gasteiger partial charge in [-0.3, -0.25) is 13.8 Å². The summed E-state index contributed by atoms with van der Waals surface area (Å²) in [5.74, 6) is 0. The quantitative estimate of drug-likeness (QED) is 0.847. The minimum Gasteiger partial charge on any atom is -0.316 e. The van der Waals surface area contributed by atoms with E-state index in [2.05, 4.69) is 26.7 Å². The molecule has 5 nitrogen and oxygen atoms in total. The molecule has 1 aromatic rings. The van der Waals surface area contributed by atoms with Crippen LogP contribution in [0.4, 0.5) is 0 Å². The zero-order valence-electron chi connectivity index (χ0n) is 11.3. The number of rotatable bonds is 3. The molecule has 20 heavy (non-hydrogen) atoms. The summed E-state index contributed by atoms with van der Waals surface area (Å²) in [6.45, 7) is 5.45. The minimum atomic E-state index is 0.0222. The number of hydrogen-bond acceptors (Lipinski definition) is 4. The van der Waals surface area contributed by atoms with Crippen LogP contribution < -0.4 is 10.3 Å². The van der Waals surface area contributed by atoms with Crippen molar-refractivity contribution in [1.29, 1.82) is 0 Å². The van der Waals surface area contributed by atoms with Gasteiger partial charge in [0.25, 0.3) is 5.56 Å². The van der Waals surface area contributed by atoms with Gasteiger partial charge >= 0.3 is 0 Å². The average Bonchev–Trinajstić information content (AvgIpc) is 3.01. The predicted octanol–water partition coefficient (Wildman–Crippen LogP) is 2.67. The van der Waals surface area contributed by atoms with Crippen molar-refractivity contribution < 1.29 is 0 Å². The van der Waals surface area contributed by atoms with Crippen LogP contribution >= 0.6 is 28.1 Å². The zero-order chi connectivity index (χ0) is 14.3. The topological polar surface area (TPSA) is 42.2 Å². The van der Waals surface area contributed by atoms with Gasteiger partial charge in [0.15, 0.2) is 0 Å². The maximum Gasteiger partial charge on any atom is 0.281 e. The van der Waals surface area contributed by atoms with Crippen molar-refractivity contribution in [2.24, 2.45) is 0 Å². The van der Waals surface area contributed by atoms with Gasteiger partial charge in [0.2, 0.25) is 0 Å². The molecule has 3 heterocycles. The van der Waals surface area contributed by atoms with Gasteiger partial charge < -0.3 is 4.72 Å². The van der Waals surface area contributed by atoms with Crippen LogP contribution in [0, 0.1) is 0 Å². The number of nitrogens with one attached hydrogen (secondary N) is 1. The third-order valence-corrected chi connectivity index (χ3v) is 4.82. The molecule has 1 N–H and O–H groups in total. The Labute approximate surface area is 130 Å². The van der Waals surface area contributed by atoms with Gasteiger partial charge in [0.1, 0.15) is 4.47 Å². The number of allylic oxidation sites excluding steroid dienone is 3. The van der Waals surface area contributed by atoms with E-state index in [9.17, 15) is 4.79 Å². The standard InChI is InChI=1S/C13H15BrN4OS/c1-3-16-12(11(14)13(19)17(16)4-2)9-5-6-18-10(7-9)8-15-20-18/h5-8,15H,3-4H2,1-2H3. The first kappa shape index (κ1) is 13.6. The number of halogens is 1. The van der Waals surface area contributed by atoms with Crippen LogP contribution in [0.3, 0.4) is 0 Å². The molecule has 0 atom stereocenters. The number of fused-ring (bicyclic) bond motifs is 1. The molecule has 1 aromatic heterocycles. The Bertz CT molecular complexity index is 698. The summed E-state index contributed by atoms with van der Waals surface area (Å²) in [7, 11) is 0. The summed E-state index contributed by atoms with van der Waals surface area (Å²) in [5.41, 5.74) is 3.08.